The van der Waals surface area contributed by atoms with Gasteiger partial charge in [0.1, 0.15) is 17.3 Å². The molecule has 0 saturated carbocycles. The third kappa shape index (κ3) is 4.45. The molecular formula is C20H23NO5. The molecule has 0 bridgehead atoms. The van der Waals surface area contributed by atoms with Crippen molar-refractivity contribution in [3.63, 3.8) is 0 Å². The maximum atomic E-state index is 12.6. The number of ether oxygens (including phenoxy) is 2. The smallest absolute Gasteiger partial charge is 0.289 e. The predicted molar refractivity (Wildman–Crippen MR) is 96.8 cm³/mol. The van der Waals surface area contributed by atoms with Crippen LogP contribution in [0.1, 0.15) is 29.2 Å². The van der Waals surface area contributed by atoms with Crippen LogP contribution in [0.2, 0.25) is 0 Å². The van der Waals surface area contributed by atoms with Crippen molar-refractivity contribution in [2.45, 2.75) is 19.8 Å². The van der Waals surface area contributed by atoms with Gasteiger partial charge in [0, 0.05) is 37.2 Å². The summed E-state index contributed by atoms with van der Waals surface area (Å²) in [6, 6.07) is 10.1. The maximum absolute atomic E-state index is 12.6. The summed E-state index contributed by atoms with van der Waals surface area (Å²) >= 11 is 0. The highest BCUT2D eigenvalue weighted by atomic mass is 16.5. The van der Waals surface area contributed by atoms with E-state index in [1.807, 2.05) is 24.3 Å². The number of hydrogen-bond acceptors (Lipinski definition) is 5. The average Bonchev–Trinajstić information content (AvgIpc) is 2.65. The third-order valence-electron chi connectivity index (χ3n) is 4.43. The van der Waals surface area contributed by atoms with Gasteiger partial charge in [-0.2, -0.15) is 0 Å². The van der Waals surface area contributed by atoms with Crippen LogP contribution < -0.4 is 14.9 Å². The lowest BCUT2D eigenvalue weighted by molar-refractivity contribution is 0.0598. The van der Waals surface area contributed by atoms with E-state index in [1.165, 1.54) is 12.1 Å². The Labute approximate surface area is 152 Å². The predicted octanol–water partition coefficient (Wildman–Crippen LogP) is 2.89. The van der Waals surface area contributed by atoms with Crippen molar-refractivity contribution < 1.29 is 18.7 Å². The minimum atomic E-state index is -0.239. The van der Waals surface area contributed by atoms with E-state index < -0.39 is 0 Å². The molecule has 2 aromatic rings. The van der Waals surface area contributed by atoms with Crippen LogP contribution in [0.15, 0.2) is 45.6 Å². The second-order valence-corrected chi connectivity index (χ2v) is 6.52. The first kappa shape index (κ1) is 18.0. The van der Waals surface area contributed by atoms with Crippen LogP contribution in [0.25, 0.3) is 0 Å². The summed E-state index contributed by atoms with van der Waals surface area (Å²) in [6.45, 7) is 3.43. The molecule has 3 rings (SSSR count). The van der Waals surface area contributed by atoms with Crippen molar-refractivity contribution in [1.29, 1.82) is 0 Å². The molecule has 1 amide bonds. The minimum Gasteiger partial charge on any atom is -0.497 e. The summed E-state index contributed by atoms with van der Waals surface area (Å²) in [5, 5.41) is 0. The molecule has 2 heterocycles. The molecule has 1 aliphatic rings. The second-order valence-electron chi connectivity index (χ2n) is 6.52. The Balaban J connectivity index is 1.61. The van der Waals surface area contributed by atoms with Gasteiger partial charge in [-0.25, -0.2) is 0 Å². The highest BCUT2D eigenvalue weighted by Crippen LogP contribution is 2.23. The first-order chi connectivity index (χ1) is 12.5. The molecule has 1 aromatic carbocycles. The Hall–Kier alpha value is -2.76. The van der Waals surface area contributed by atoms with E-state index in [1.54, 1.807) is 18.9 Å². The van der Waals surface area contributed by atoms with Crippen molar-refractivity contribution in [3.8, 4) is 11.5 Å². The number of nitrogens with zero attached hydrogens (tertiary/aromatic N) is 1. The number of benzene rings is 1. The molecule has 1 saturated heterocycles. The van der Waals surface area contributed by atoms with Gasteiger partial charge in [-0.3, -0.25) is 9.59 Å². The molecule has 138 valence electrons. The van der Waals surface area contributed by atoms with Crippen LogP contribution in [0, 0.1) is 12.8 Å². The van der Waals surface area contributed by atoms with Crippen molar-refractivity contribution in [2.75, 3.05) is 26.8 Å². The van der Waals surface area contributed by atoms with Gasteiger partial charge in [-0.15, -0.1) is 0 Å². The van der Waals surface area contributed by atoms with Crippen LogP contribution in [-0.2, 0) is 0 Å². The summed E-state index contributed by atoms with van der Waals surface area (Å²) in [7, 11) is 1.62. The number of rotatable bonds is 5. The summed E-state index contributed by atoms with van der Waals surface area (Å²) in [6.07, 6.45) is 1.89. The molecule has 26 heavy (non-hydrogen) atoms. The van der Waals surface area contributed by atoms with E-state index in [-0.39, 0.29) is 23.0 Å². The van der Waals surface area contributed by atoms with E-state index in [0.717, 1.165) is 24.3 Å². The number of carbonyl (C=O) groups is 1. The van der Waals surface area contributed by atoms with Crippen LogP contribution in [0.4, 0.5) is 0 Å². The first-order valence-corrected chi connectivity index (χ1v) is 8.73. The molecule has 0 unspecified atom stereocenters. The number of amides is 1. The van der Waals surface area contributed by atoms with Crippen molar-refractivity contribution >= 4 is 5.91 Å². The summed E-state index contributed by atoms with van der Waals surface area (Å²) < 4.78 is 16.5. The Morgan fingerprint density at radius 1 is 1.27 bits per heavy atom. The molecule has 0 N–H and O–H groups in total. The lowest BCUT2D eigenvalue weighted by Gasteiger charge is -2.32. The zero-order valence-electron chi connectivity index (χ0n) is 15.1. The molecule has 6 heteroatoms. The standard InChI is InChI=1S/C20H23NO5/c1-14-9-16(22)10-19(26-14)20(23)21-8-4-5-15(12-21)13-25-18-7-3-6-17(11-18)24-2/h3,6-7,9-11,15H,4-5,8,12-13H2,1-2H3/t15-/m1/s1. The highest BCUT2D eigenvalue weighted by Gasteiger charge is 2.26. The molecule has 1 aliphatic heterocycles. The molecule has 0 aliphatic carbocycles. The quantitative estimate of drug-likeness (QED) is 0.823. The largest absolute Gasteiger partial charge is 0.497 e. The summed E-state index contributed by atoms with van der Waals surface area (Å²) in [4.78, 5) is 26.0. The average molecular weight is 357 g/mol. The maximum Gasteiger partial charge on any atom is 0.289 e. The molecule has 6 nitrogen and oxygen atoms in total. The minimum absolute atomic E-state index is 0.101. The van der Waals surface area contributed by atoms with Crippen LogP contribution in [0.3, 0.4) is 0 Å². The van der Waals surface area contributed by atoms with Gasteiger partial charge >= 0.3 is 0 Å². The topological polar surface area (TPSA) is 69.0 Å². The van der Waals surface area contributed by atoms with Crippen molar-refractivity contribution in [3.05, 3.63) is 58.1 Å². The zero-order chi connectivity index (χ0) is 18.5. The molecule has 1 atom stereocenters. The summed E-state index contributed by atoms with van der Waals surface area (Å²) in [5.74, 6) is 2.03. The molecule has 0 radical (unpaired) electrons. The second kappa shape index (κ2) is 8.08. The molecule has 1 aromatic heterocycles. The fourth-order valence-corrected chi connectivity index (χ4v) is 3.16. The van der Waals surface area contributed by atoms with Gasteiger partial charge in [0.2, 0.25) is 0 Å². The highest BCUT2D eigenvalue weighted by molar-refractivity contribution is 5.91. The Morgan fingerprint density at radius 2 is 2.08 bits per heavy atom. The summed E-state index contributed by atoms with van der Waals surface area (Å²) in [5.41, 5.74) is -0.216. The number of methoxy groups -OCH3 is 1. The lowest BCUT2D eigenvalue weighted by Crippen LogP contribution is -2.41. The van der Waals surface area contributed by atoms with Crippen LogP contribution >= 0.6 is 0 Å². The van der Waals surface area contributed by atoms with Crippen LogP contribution in [0.5, 0.6) is 11.5 Å². The fraction of sp³-hybridized carbons (Fsp3) is 0.400. The number of hydrogen-bond donors (Lipinski definition) is 0. The third-order valence-corrected chi connectivity index (χ3v) is 4.43. The van der Waals surface area contributed by atoms with Crippen molar-refractivity contribution in [1.82, 2.24) is 4.90 Å². The lowest BCUT2D eigenvalue weighted by atomic mass is 9.98. The van der Waals surface area contributed by atoms with E-state index >= 15 is 0 Å². The molecule has 0 spiro atoms. The monoisotopic (exact) mass is 357 g/mol. The number of piperidine rings is 1. The van der Waals surface area contributed by atoms with Gasteiger partial charge in [0.25, 0.3) is 5.91 Å². The number of aryl methyl sites for hydroxylation is 1. The van der Waals surface area contributed by atoms with Gasteiger partial charge in [0.05, 0.1) is 13.7 Å². The Kier molecular flexibility index (Phi) is 5.61. The number of carbonyl (C=O) groups excluding carboxylic acids is 1. The van der Waals surface area contributed by atoms with Gasteiger partial charge in [0.15, 0.2) is 11.2 Å². The Bertz CT molecular complexity index is 829. The normalized spacial score (nSPS) is 17.0. The Morgan fingerprint density at radius 3 is 2.85 bits per heavy atom. The molecule has 1 fully saturated rings. The van der Waals surface area contributed by atoms with Gasteiger partial charge in [-0.05, 0) is 31.9 Å². The SMILES string of the molecule is COc1cccc(OC[C@@H]2CCCN(C(=O)c3cc(=O)cc(C)o3)C2)c1. The van der Waals surface area contributed by atoms with Crippen molar-refractivity contribution in [2.24, 2.45) is 5.92 Å². The molecular weight excluding hydrogens is 334 g/mol. The number of likely N-dealkylation sites (tertiary alicyclic amines) is 1. The van der Waals surface area contributed by atoms with E-state index in [9.17, 15) is 9.59 Å². The van der Waals surface area contributed by atoms with Gasteiger partial charge in [-0.1, -0.05) is 6.07 Å². The van der Waals surface area contributed by atoms with Crippen LogP contribution in [-0.4, -0.2) is 37.6 Å². The first-order valence-electron chi connectivity index (χ1n) is 8.73. The van der Waals surface area contributed by atoms with E-state index in [2.05, 4.69) is 0 Å². The zero-order valence-corrected chi connectivity index (χ0v) is 15.1. The van der Waals surface area contributed by atoms with E-state index in [0.29, 0.717) is 25.5 Å². The van der Waals surface area contributed by atoms with E-state index in [4.69, 9.17) is 13.9 Å². The fourth-order valence-electron chi connectivity index (χ4n) is 3.16. The van der Waals surface area contributed by atoms with Gasteiger partial charge < -0.3 is 18.8 Å².